The third-order valence-electron chi connectivity index (χ3n) is 5.22. The fraction of sp³-hybridized carbons (Fsp3) is 0.722. The molecule has 2 saturated heterocycles. The van der Waals surface area contributed by atoms with Crippen molar-refractivity contribution in [3.63, 3.8) is 0 Å². The van der Waals surface area contributed by atoms with Crippen molar-refractivity contribution in [1.82, 2.24) is 19.6 Å². The molecule has 3 rings (SSSR count). The van der Waals surface area contributed by atoms with E-state index in [0.717, 1.165) is 5.69 Å². The molecule has 2 amide bonds. The van der Waals surface area contributed by atoms with Crippen molar-refractivity contribution in [2.24, 2.45) is 5.92 Å². The van der Waals surface area contributed by atoms with Gasteiger partial charge in [-0.1, -0.05) is 13.8 Å². The summed E-state index contributed by atoms with van der Waals surface area (Å²) in [5, 5.41) is 7.26. The SMILES string of the molecule is Cc1cc(NC(=O)CN2CCN(C(=O)C(C)C)CC2)n(C2CCS(=O)(=O)C2)n1. The Hall–Kier alpha value is -1.94. The molecule has 1 unspecified atom stereocenters. The van der Waals surface area contributed by atoms with E-state index >= 15 is 0 Å². The van der Waals surface area contributed by atoms with E-state index in [2.05, 4.69) is 10.4 Å². The summed E-state index contributed by atoms with van der Waals surface area (Å²) >= 11 is 0. The average Bonchev–Trinajstić information content (AvgIpc) is 3.16. The van der Waals surface area contributed by atoms with Gasteiger partial charge in [0.1, 0.15) is 5.82 Å². The van der Waals surface area contributed by atoms with Crippen LogP contribution in [-0.2, 0) is 19.4 Å². The smallest absolute Gasteiger partial charge is 0.239 e. The number of anilines is 1. The van der Waals surface area contributed by atoms with Gasteiger partial charge < -0.3 is 10.2 Å². The van der Waals surface area contributed by atoms with Gasteiger partial charge in [-0.15, -0.1) is 0 Å². The topological polar surface area (TPSA) is 105 Å². The molecule has 0 saturated carbocycles. The molecule has 9 nitrogen and oxygen atoms in total. The minimum absolute atomic E-state index is 0.0159. The number of hydrogen-bond donors (Lipinski definition) is 1. The number of hydrogen-bond acceptors (Lipinski definition) is 6. The second-order valence-corrected chi connectivity index (χ2v) is 10.2. The third-order valence-corrected chi connectivity index (χ3v) is 6.98. The van der Waals surface area contributed by atoms with Crippen molar-refractivity contribution in [1.29, 1.82) is 0 Å². The molecule has 2 aliphatic heterocycles. The predicted molar refractivity (Wildman–Crippen MR) is 106 cm³/mol. The van der Waals surface area contributed by atoms with E-state index in [1.54, 1.807) is 10.7 Å². The summed E-state index contributed by atoms with van der Waals surface area (Å²) in [4.78, 5) is 28.4. The zero-order valence-corrected chi connectivity index (χ0v) is 17.5. The molecule has 1 aromatic heterocycles. The first-order chi connectivity index (χ1) is 13.1. The number of carbonyl (C=O) groups is 2. The molecule has 1 atom stereocenters. The summed E-state index contributed by atoms with van der Waals surface area (Å²) in [7, 11) is -3.03. The van der Waals surface area contributed by atoms with E-state index in [0.29, 0.717) is 38.4 Å². The molecule has 28 heavy (non-hydrogen) atoms. The maximum atomic E-state index is 12.5. The van der Waals surface area contributed by atoms with Gasteiger partial charge in [-0.25, -0.2) is 13.1 Å². The van der Waals surface area contributed by atoms with E-state index < -0.39 is 9.84 Å². The standard InChI is InChI=1S/C18H29N5O4S/c1-13(2)18(25)22-7-5-21(6-8-22)11-17(24)19-16-10-14(3)20-23(16)15-4-9-28(26,27)12-15/h10,13,15H,4-9,11-12H2,1-3H3,(H,19,24). The minimum Gasteiger partial charge on any atom is -0.340 e. The van der Waals surface area contributed by atoms with E-state index in [1.807, 2.05) is 30.6 Å². The monoisotopic (exact) mass is 411 g/mol. The average molecular weight is 412 g/mol. The Morgan fingerprint density at radius 2 is 1.93 bits per heavy atom. The first kappa shape index (κ1) is 20.8. The van der Waals surface area contributed by atoms with Crippen molar-refractivity contribution in [3.05, 3.63) is 11.8 Å². The Bertz CT molecular complexity index is 840. The Balaban J connectivity index is 1.56. The van der Waals surface area contributed by atoms with Gasteiger partial charge in [0.25, 0.3) is 0 Å². The quantitative estimate of drug-likeness (QED) is 0.747. The summed E-state index contributed by atoms with van der Waals surface area (Å²) in [6.45, 7) is 8.40. The first-order valence-corrected chi connectivity index (χ1v) is 11.5. The highest BCUT2D eigenvalue weighted by Gasteiger charge is 2.31. The van der Waals surface area contributed by atoms with Crippen molar-refractivity contribution < 1.29 is 18.0 Å². The van der Waals surface area contributed by atoms with Crippen molar-refractivity contribution in [2.45, 2.75) is 33.2 Å². The largest absolute Gasteiger partial charge is 0.340 e. The van der Waals surface area contributed by atoms with Gasteiger partial charge in [0.15, 0.2) is 9.84 Å². The van der Waals surface area contributed by atoms with Crippen LogP contribution in [0.5, 0.6) is 0 Å². The molecule has 1 N–H and O–H groups in total. The highest BCUT2D eigenvalue weighted by Crippen LogP contribution is 2.27. The summed E-state index contributed by atoms with van der Waals surface area (Å²) in [6, 6.07) is 1.53. The van der Waals surface area contributed by atoms with Crippen molar-refractivity contribution in [2.75, 3.05) is 49.5 Å². The van der Waals surface area contributed by atoms with Crippen LogP contribution in [0.4, 0.5) is 5.82 Å². The number of carbonyl (C=O) groups excluding carboxylic acids is 2. The summed E-state index contributed by atoms with van der Waals surface area (Å²) in [6.07, 6.45) is 0.512. The number of rotatable bonds is 5. The maximum Gasteiger partial charge on any atom is 0.239 e. The fourth-order valence-corrected chi connectivity index (χ4v) is 5.43. The molecule has 156 valence electrons. The van der Waals surface area contributed by atoms with Crippen LogP contribution in [0.15, 0.2) is 6.07 Å². The van der Waals surface area contributed by atoms with Gasteiger partial charge in [0, 0.05) is 38.2 Å². The van der Waals surface area contributed by atoms with Crippen molar-refractivity contribution in [3.8, 4) is 0 Å². The molecule has 0 aliphatic carbocycles. The Morgan fingerprint density at radius 3 is 2.50 bits per heavy atom. The lowest BCUT2D eigenvalue weighted by Gasteiger charge is -2.35. The Labute approximate surface area is 166 Å². The van der Waals surface area contributed by atoms with Crippen LogP contribution < -0.4 is 5.32 Å². The van der Waals surface area contributed by atoms with Crippen LogP contribution in [-0.4, -0.2) is 84.0 Å². The van der Waals surface area contributed by atoms with Gasteiger partial charge in [-0.05, 0) is 13.3 Å². The highest BCUT2D eigenvalue weighted by molar-refractivity contribution is 7.91. The van der Waals surface area contributed by atoms with Crippen LogP contribution in [0, 0.1) is 12.8 Å². The Kier molecular flexibility index (Phi) is 6.09. The highest BCUT2D eigenvalue weighted by atomic mass is 32.2. The number of amides is 2. The van der Waals surface area contributed by atoms with Crippen LogP contribution >= 0.6 is 0 Å². The molecule has 2 fully saturated rings. The number of sulfone groups is 1. The van der Waals surface area contributed by atoms with Crippen LogP contribution in [0.1, 0.15) is 32.0 Å². The molecule has 0 aromatic carbocycles. The fourth-order valence-electron chi connectivity index (χ4n) is 3.73. The van der Waals surface area contributed by atoms with Gasteiger partial charge >= 0.3 is 0 Å². The normalized spacial score (nSPS) is 22.6. The lowest BCUT2D eigenvalue weighted by molar-refractivity contribution is -0.136. The van der Waals surface area contributed by atoms with E-state index in [4.69, 9.17) is 0 Å². The van der Waals surface area contributed by atoms with Gasteiger partial charge in [-0.3, -0.25) is 14.5 Å². The van der Waals surface area contributed by atoms with E-state index in [-0.39, 0.29) is 41.8 Å². The number of aromatic nitrogens is 2. The van der Waals surface area contributed by atoms with E-state index in [1.165, 1.54) is 0 Å². The lowest BCUT2D eigenvalue weighted by Crippen LogP contribution is -2.51. The molecule has 1 aromatic rings. The number of aryl methyl sites for hydroxylation is 1. The number of nitrogens with zero attached hydrogens (tertiary/aromatic N) is 4. The van der Waals surface area contributed by atoms with Crippen LogP contribution in [0.2, 0.25) is 0 Å². The van der Waals surface area contributed by atoms with E-state index in [9.17, 15) is 18.0 Å². The maximum absolute atomic E-state index is 12.5. The van der Waals surface area contributed by atoms with Crippen LogP contribution in [0.3, 0.4) is 0 Å². The van der Waals surface area contributed by atoms with Gasteiger partial charge in [0.2, 0.25) is 11.8 Å². The summed E-state index contributed by atoms with van der Waals surface area (Å²) in [5.74, 6) is 0.725. The predicted octanol–water partition coefficient (Wildman–Crippen LogP) is 0.290. The number of nitrogens with one attached hydrogen (secondary N) is 1. The zero-order chi connectivity index (χ0) is 20.5. The Morgan fingerprint density at radius 1 is 1.25 bits per heavy atom. The second-order valence-electron chi connectivity index (χ2n) is 7.98. The third kappa shape index (κ3) is 4.91. The van der Waals surface area contributed by atoms with Gasteiger partial charge in [0.05, 0.1) is 29.8 Å². The number of piperazine rings is 1. The second kappa shape index (κ2) is 8.20. The van der Waals surface area contributed by atoms with Crippen molar-refractivity contribution >= 4 is 27.5 Å². The molecule has 10 heteroatoms. The van der Waals surface area contributed by atoms with Gasteiger partial charge in [-0.2, -0.15) is 5.10 Å². The lowest BCUT2D eigenvalue weighted by atomic mass is 10.1. The summed E-state index contributed by atoms with van der Waals surface area (Å²) < 4.78 is 25.2. The van der Waals surface area contributed by atoms with Crippen LogP contribution in [0.25, 0.3) is 0 Å². The molecule has 2 aliphatic rings. The molecular weight excluding hydrogens is 382 g/mol. The molecule has 0 spiro atoms. The first-order valence-electron chi connectivity index (χ1n) is 9.72. The minimum atomic E-state index is -3.03. The molecule has 3 heterocycles. The molecule has 0 bridgehead atoms. The zero-order valence-electron chi connectivity index (χ0n) is 16.7. The molecular formula is C18H29N5O4S. The summed E-state index contributed by atoms with van der Waals surface area (Å²) in [5.41, 5.74) is 0.736. The molecule has 0 radical (unpaired) electrons.